The van der Waals surface area contributed by atoms with Crippen LogP contribution in [0.25, 0.3) is 10.8 Å². The van der Waals surface area contributed by atoms with E-state index >= 15 is 0 Å². The number of nitrogens with zero attached hydrogens (tertiary/aromatic N) is 1. The van der Waals surface area contributed by atoms with Gasteiger partial charge < -0.3 is 20.1 Å². The van der Waals surface area contributed by atoms with E-state index in [1.807, 2.05) is 19.1 Å². The Hall–Kier alpha value is -1.05. The van der Waals surface area contributed by atoms with Crippen molar-refractivity contribution in [2.45, 2.75) is 6.92 Å². The third-order valence-electron chi connectivity index (χ3n) is 2.62. The highest BCUT2D eigenvalue weighted by molar-refractivity contribution is 9.10. The summed E-state index contributed by atoms with van der Waals surface area (Å²) in [5, 5.41) is 11.4. The number of methoxy groups -OCH3 is 2. The average Bonchev–Trinajstić information content (AvgIpc) is 2.34. The highest BCUT2D eigenvalue weighted by Gasteiger charge is 2.13. The molecule has 3 N–H and O–H groups in total. The third kappa shape index (κ3) is 3.10. The van der Waals surface area contributed by atoms with E-state index in [0.717, 1.165) is 16.5 Å². The van der Waals surface area contributed by atoms with Crippen molar-refractivity contribution in [3.8, 4) is 17.4 Å². The van der Waals surface area contributed by atoms with E-state index < -0.39 is 0 Å². The molecule has 0 radical (unpaired) electrons. The molecule has 0 unspecified atom stereocenters. The van der Waals surface area contributed by atoms with Crippen molar-refractivity contribution in [1.82, 2.24) is 4.98 Å². The van der Waals surface area contributed by atoms with E-state index in [4.69, 9.17) is 9.47 Å². The van der Waals surface area contributed by atoms with Crippen LogP contribution in [0.4, 0.5) is 0 Å². The molecule has 2 rings (SSSR count). The lowest BCUT2D eigenvalue weighted by molar-refractivity contribution is 0.356. The van der Waals surface area contributed by atoms with Crippen LogP contribution in [0.5, 0.6) is 17.4 Å². The Labute approximate surface area is 129 Å². The van der Waals surface area contributed by atoms with Crippen molar-refractivity contribution >= 4 is 43.7 Å². The van der Waals surface area contributed by atoms with Crippen LogP contribution in [0.1, 0.15) is 5.69 Å². The highest BCUT2D eigenvalue weighted by atomic mass is 79.9. The monoisotopic (exact) mass is 395 g/mol. The van der Waals surface area contributed by atoms with Crippen molar-refractivity contribution < 1.29 is 20.1 Å². The van der Waals surface area contributed by atoms with Gasteiger partial charge in [-0.05, 0) is 35.0 Å². The lowest BCUT2D eigenvalue weighted by Crippen LogP contribution is -1.93. The van der Waals surface area contributed by atoms with Crippen molar-refractivity contribution in [2.24, 2.45) is 0 Å². The molecule has 0 amide bonds. The average molecular weight is 397 g/mol. The van der Waals surface area contributed by atoms with Gasteiger partial charge in [0.25, 0.3) is 0 Å². The molecule has 0 fully saturated rings. The molecular formula is C12H15Br2NO4. The fraction of sp³-hybridized carbons (Fsp3) is 0.250. The summed E-state index contributed by atoms with van der Waals surface area (Å²) in [7, 11) is 3.16. The van der Waals surface area contributed by atoms with Gasteiger partial charge in [0, 0.05) is 16.5 Å². The summed E-state index contributed by atoms with van der Waals surface area (Å²) < 4.78 is 11.0. The first-order valence-corrected chi connectivity index (χ1v) is 5.78. The number of hydrogen-bond donors (Lipinski definition) is 1. The molecule has 19 heavy (non-hydrogen) atoms. The highest BCUT2D eigenvalue weighted by Crippen LogP contribution is 2.39. The van der Waals surface area contributed by atoms with E-state index in [2.05, 4.69) is 20.9 Å². The molecule has 0 aliphatic rings. The van der Waals surface area contributed by atoms with Gasteiger partial charge in [0.1, 0.15) is 0 Å². The number of pyridine rings is 1. The first-order chi connectivity index (χ1) is 8.08. The van der Waals surface area contributed by atoms with Crippen LogP contribution < -0.4 is 9.47 Å². The molecule has 0 aliphatic heterocycles. The second kappa shape index (κ2) is 6.93. The fourth-order valence-electron chi connectivity index (χ4n) is 1.75. The van der Waals surface area contributed by atoms with Gasteiger partial charge in [-0.1, -0.05) is 0 Å². The Kier molecular flexibility index (Phi) is 6.54. The molecule has 106 valence electrons. The molecule has 5 nitrogen and oxygen atoms in total. The molecule has 0 aliphatic carbocycles. The maximum Gasteiger partial charge on any atom is 0.226 e. The molecule has 1 heterocycles. The zero-order chi connectivity index (χ0) is 12.6. The minimum absolute atomic E-state index is 0. The number of ether oxygens (including phenoxy) is 2. The molecule has 0 saturated heterocycles. The van der Waals surface area contributed by atoms with Crippen LogP contribution in [0.15, 0.2) is 16.6 Å². The first-order valence-electron chi connectivity index (χ1n) is 4.99. The molecular weight excluding hydrogens is 382 g/mol. The van der Waals surface area contributed by atoms with Crippen LogP contribution in [0, 0.1) is 6.92 Å². The Morgan fingerprint density at radius 1 is 1.11 bits per heavy atom. The maximum atomic E-state index is 9.66. The van der Waals surface area contributed by atoms with E-state index in [0.29, 0.717) is 16.0 Å². The Morgan fingerprint density at radius 3 is 2.05 bits per heavy atom. The van der Waals surface area contributed by atoms with E-state index in [1.54, 1.807) is 14.2 Å². The van der Waals surface area contributed by atoms with E-state index in [1.165, 1.54) is 0 Å². The first kappa shape index (κ1) is 17.9. The van der Waals surface area contributed by atoms with Gasteiger partial charge in [-0.2, -0.15) is 0 Å². The quantitative estimate of drug-likeness (QED) is 0.845. The number of aryl methyl sites for hydroxylation is 1. The standard InChI is InChI=1S/C12H12BrNO3.BrH.H2O/c1-6-7-4-9(16-2)10(17-3)5-8(7)11(13)12(15)14-6;;/h4-5H,1-3H3,(H,14,15);1H;1H2. The van der Waals surface area contributed by atoms with Crippen molar-refractivity contribution in [2.75, 3.05) is 14.2 Å². The van der Waals surface area contributed by atoms with Crippen LogP contribution in [0.3, 0.4) is 0 Å². The van der Waals surface area contributed by atoms with Gasteiger partial charge in [0.2, 0.25) is 5.88 Å². The predicted octanol–water partition coefficient (Wildman–Crippen LogP) is 2.78. The van der Waals surface area contributed by atoms with Gasteiger partial charge in [-0.25, -0.2) is 4.98 Å². The lowest BCUT2D eigenvalue weighted by Gasteiger charge is -2.11. The van der Waals surface area contributed by atoms with Gasteiger partial charge in [-0.3, -0.25) is 0 Å². The maximum absolute atomic E-state index is 9.66. The predicted molar refractivity (Wildman–Crippen MR) is 82.9 cm³/mol. The van der Waals surface area contributed by atoms with Gasteiger partial charge in [0.15, 0.2) is 11.5 Å². The van der Waals surface area contributed by atoms with E-state index in [9.17, 15) is 5.11 Å². The smallest absolute Gasteiger partial charge is 0.226 e. The number of hydrogen-bond acceptors (Lipinski definition) is 4. The van der Waals surface area contributed by atoms with Crippen LogP contribution >= 0.6 is 32.9 Å². The molecule has 1 aromatic heterocycles. The number of aromatic nitrogens is 1. The van der Waals surface area contributed by atoms with Crippen LogP contribution in [-0.2, 0) is 0 Å². The second-order valence-corrected chi connectivity index (χ2v) is 4.38. The Balaban J connectivity index is 0.00000162. The third-order valence-corrected chi connectivity index (χ3v) is 3.40. The topological polar surface area (TPSA) is 83.1 Å². The minimum Gasteiger partial charge on any atom is -0.493 e. The molecule has 2 aromatic rings. The van der Waals surface area contributed by atoms with Gasteiger partial charge >= 0.3 is 0 Å². The van der Waals surface area contributed by atoms with E-state index in [-0.39, 0.29) is 28.3 Å². The summed E-state index contributed by atoms with van der Waals surface area (Å²) in [4.78, 5) is 4.04. The van der Waals surface area contributed by atoms with Gasteiger partial charge in [-0.15, -0.1) is 17.0 Å². The molecule has 0 spiro atoms. The van der Waals surface area contributed by atoms with Crippen molar-refractivity contribution in [3.63, 3.8) is 0 Å². The molecule has 0 bridgehead atoms. The number of rotatable bonds is 2. The SMILES string of the molecule is Br.COc1cc2c(C)nc(O)c(Br)c2cc1OC.O. The Bertz CT molecular complexity index is 590. The van der Waals surface area contributed by atoms with Crippen LogP contribution in [0.2, 0.25) is 0 Å². The van der Waals surface area contributed by atoms with Gasteiger partial charge in [0.05, 0.1) is 18.7 Å². The Morgan fingerprint density at radius 2 is 1.58 bits per heavy atom. The second-order valence-electron chi connectivity index (χ2n) is 3.59. The fourth-order valence-corrected chi connectivity index (χ4v) is 2.17. The number of fused-ring (bicyclic) bond motifs is 1. The molecule has 1 aromatic carbocycles. The summed E-state index contributed by atoms with van der Waals surface area (Å²) in [6.07, 6.45) is 0. The van der Waals surface area contributed by atoms with Crippen molar-refractivity contribution in [3.05, 3.63) is 22.3 Å². The number of halogens is 2. The zero-order valence-electron chi connectivity index (χ0n) is 10.7. The summed E-state index contributed by atoms with van der Waals surface area (Å²) in [6, 6.07) is 3.66. The normalized spacial score (nSPS) is 9.47. The number of aromatic hydroxyl groups is 1. The summed E-state index contributed by atoms with van der Waals surface area (Å²) in [5.74, 6) is 1.23. The summed E-state index contributed by atoms with van der Waals surface area (Å²) in [5.41, 5.74) is 0.738. The van der Waals surface area contributed by atoms with Crippen molar-refractivity contribution in [1.29, 1.82) is 0 Å². The summed E-state index contributed by atoms with van der Waals surface area (Å²) >= 11 is 3.32. The van der Waals surface area contributed by atoms with Crippen LogP contribution in [-0.4, -0.2) is 29.8 Å². The number of benzene rings is 1. The molecule has 0 saturated carbocycles. The molecule has 0 atom stereocenters. The minimum atomic E-state index is -0.0257. The summed E-state index contributed by atoms with van der Waals surface area (Å²) in [6.45, 7) is 1.83. The lowest BCUT2D eigenvalue weighted by atomic mass is 10.1. The largest absolute Gasteiger partial charge is 0.493 e. The molecule has 7 heteroatoms. The zero-order valence-corrected chi connectivity index (χ0v) is 14.0.